The van der Waals surface area contributed by atoms with E-state index in [4.69, 9.17) is 0 Å². The summed E-state index contributed by atoms with van der Waals surface area (Å²) < 4.78 is 0. The van der Waals surface area contributed by atoms with Gasteiger partial charge < -0.3 is 15.3 Å². The van der Waals surface area contributed by atoms with Crippen LogP contribution in [0.5, 0.6) is 17.2 Å². The first-order valence-electron chi connectivity index (χ1n) is 13.0. The smallest absolute Gasteiger partial charge is 0.122 e. The molecule has 0 aliphatic heterocycles. The van der Waals surface area contributed by atoms with Gasteiger partial charge in [-0.2, -0.15) is 0 Å². The molecule has 4 rings (SSSR count). The molecule has 3 aromatic carbocycles. The van der Waals surface area contributed by atoms with E-state index in [1.165, 1.54) is 30.4 Å². The van der Waals surface area contributed by atoms with Gasteiger partial charge in [0.05, 0.1) is 0 Å². The Labute approximate surface area is 210 Å². The maximum atomic E-state index is 11.7. The van der Waals surface area contributed by atoms with Gasteiger partial charge in [0.1, 0.15) is 17.2 Å². The van der Waals surface area contributed by atoms with Crippen LogP contribution in [0.1, 0.15) is 99.2 Å². The largest absolute Gasteiger partial charge is 0.508 e. The zero-order valence-electron chi connectivity index (χ0n) is 22.2. The SMILES string of the molecule is Cc1cc(O)c(C)c(C)c1Cc1ccc(C2CCCCC2)c(O)c1Cc1c(C)cc(O)c(C)c1C. The highest BCUT2D eigenvalue weighted by Crippen LogP contribution is 2.42. The van der Waals surface area contributed by atoms with E-state index in [0.29, 0.717) is 36.0 Å². The van der Waals surface area contributed by atoms with Gasteiger partial charge in [-0.05, 0) is 134 Å². The van der Waals surface area contributed by atoms with E-state index in [1.54, 1.807) is 0 Å². The predicted molar refractivity (Wildman–Crippen MR) is 144 cm³/mol. The van der Waals surface area contributed by atoms with Crippen LogP contribution < -0.4 is 0 Å². The normalized spacial score (nSPS) is 14.5. The molecule has 0 heterocycles. The molecule has 0 bridgehead atoms. The highest BCUT2D eigenvalue weighted by molar-refractivity contribution is 5.56. The average Bonchev–Trinajstić information content (AvgIpc) is 2.83. The second-order valence-corrected chi connectivity index (χ2v) is 10.7. The lowest BCUT2D eigenvalue weighted by Gasteiger charge is -2.26. The fourth-order valence-corrected chi connectivity index (χ4v) is 5.94. The van der Waals surface area contributed by atoms with Crippen molar-refractivity contribution >= 4 is 0 Å². The molecule has 1 fully saturated rings. The first kappa shape index (κ1) is 25.2. The molecule has 0 amide bonds. The lowest BCUT2D eigenvalue weighted by Crippen LogP contribution is -2.09. The molecule has 3 heteroatoms. The summed E-state index contributed by atoms with van der Waals surface area (Å²) in [5, 5.41) is 32.3. The average molecular weight is 473 g/mol. The standard InChI is InChI=1S/C32H40O3/c1-18-14-30(33)22(5)20(3)27(18)16-25-12-13-26(24-10-8-7-9-11-24)32(35)29(25)17-28-19(2)15-31(34)23(6)21(28)4/h12-15,24,33-35H,7-11,16-17H2,1-6H3. The van der Waals surface area contributed by atoms with E-state index in [2.05, 4.69) is 32.9 Å². The van der Waals surface area contributed by atoms with Gasteiger partial charge >= 0.3 is 0 Å². The van der Waals surface area contributed by atoms with E-state index in [1.807, 2.05) is 32.9 Å². The van der Waals surface area contributed by atoms with Crippen molar-refractivity contribution in [1.82, 2.24) is 0 Å². The van der Waals surface area contributed by atoms with E-state index in [-0.39, 0.29) is 0 Å². The summed E-state index contributed by atoms with van der Waals surface area (Å²) in [6.07, 6.45) is 7.35. The molecular weight excluding hydrogens is 432 g/mol. The molecular formula is C32H40O3. The van der Waals surface area contributed by atoms with Crippen molar-refractivity contribution in [1.29, 1.82) is 0 Å². The molecule has 35 heavy (non-hydrogen) atoms. The number of rotatable bonds is 5. The maximum Gasteiger partial charge on any atom is 0.122 e. The van der Waals surface area contributed by atoms with Crippen LogP contribution in [-0.4, -0.2) is 15.3 Å². The number of hydrogen-bond acceptors (Lipinski definition) is 3. The quantitative estimate of drug-likeness (QED) is 0.354. The fraction of sp³-hybridized carbons (Fsp3) is 0.438. The third-order valence-electron chi connectivity index (χ3n) is 8.63. The van der Waals surface area contributed by atoms with Crippen LogP contribution in [0, 0.1) is 41.5 Å². The summed E-state index contributed by atoms with van der Waals surface area (Å²) in [7, 11) is 0. The zero-order valence-corrected chi connectivity index (χ0v) is 22.2. The maximum absolute atomic E-state index is 11.7. The molecule has 1 aliphatic carbocycles. The number of phenols is 3. The van der Waals surface area contributed by atoms with Crippen molar-refractivity contribution in [3.63, 3.8) is 0 Å². The Morgan fingerprint density at radius 1 is 0.629 bits per heavy atom. The van der Waals surface area contributed by atoms with E-state index >= 15 is 0 Å². The van der Waals surface area contributed by atoms with Crippen molar-refractivity contribution in [2.45, 2.75) is 92.4 Å². The molecule has 0 atom stereocenters. The Kier molecular flexibility index (Phi) is 7.17. The molecule has 0 aromatic heterocycles. The number of phenolic OH excluding ortho intramolecular Hbond substituents is 3. The Morgan fingerprint density at radius 2 is 1.14 bits per heavy atom. The first-order valence-corrected chi connectivity index (χ1v) is 13.0. The predicted octanol–water partition coefficient (Wildman–Crippen LogP) is 7.88. The van der Waals surface area contributed by atoms with Gasteiger partial charge in [0.2, 0.25) is 0 Å². The first-order chi connectivity index (χ1) is 16.6. The minimum atomic E-state index is 0.329. The van der Waals surface area contributed by atoms with Crippen LogP contribution in [0.2, 0.25) is 0 Å². The van der Waals surface area contributed by atoms with Crippen molar-refractivity contribution in [2.75, 3.05) is 0 Å². The van der Waals surface area contributed by atoms with Crippen LogP contribution >= 0.6 is 0 Å². The van der Waals surface area contributed by atoms with Crippen LogP contribution in [0.4, 0.5) is 0 Å². The summed E-state index contributed by atoms with van der Waals surface area (Å²) >= 11 is 0. The highest BCUT2D eigenvalue weighted by Gasteiger charge is 2.24. The van der Waals surface area contributed by atoms with E-state index in [9.17, 15) is 15.3 Å². The van der Waals surface area contributed by atoms with Crippen molar-refractivity contribution in [3.05, 3.63) is 85.5 Å². The lowest BCUT2D eigenvalue weighted by molar-refractivity contribution is 0.411. The topological polar surface area (TPSA) is 60.7 Å². The summed E-state index contributed by atoms with van der Waals surface area (Å²) in [4.78, 5) is 0. The molecule has 0 radical (unpaired) electrons. The van der Waals surface area contributed by atoms with E-state index in [0.717, 1.165) is 62.9 Å². The van der Waals surface area contributed by atoms with Crippen LogP contribution in [0.3, 0.4) is 0 Å². The molecule has 186 valence electrons. The van der Waals surface area contributed by atoms with Crippen LogP contribution in [-0.2, 0) is 12.8 Å². The van der Waals surface area contributed by atoms with Gasteiger partial charge in [0.15, 0.2) is 0 Å². The molecule has 3 N–H and O–H groups in total. The second kappa shape index (κ2) is 9.97. The number of aryl methyl sites for hydroxylation is 2. The van der Waals surface area contributed by atoms with Gasteiger partial charge in [0, 0.05) is 12.0 Å². The highest BCUT2D eigenvalue weighted by atomic mass is 16.3. The number of aromatic hydroxyl groups is 3. The third-order valence-corrected chi connectivity index (χ3v) is 8.63. The van der Waals surface area contributed by atoms with Crippen molar-refractivity contribution in [2.24, 2.45) is 0 Å². The third kappa shape index (κ3) is 4.78. The Hall–Kier alpha value is -2.94. The minimum absolute atomic E-state index is 0.329. The van der Waals surface area contributed by atoms with Gasteiger partial charge in [-0.25, -0.2) is 0 Å². The van der Waals surface area contributed by atoms with E-state index < -0.39 is 0 Å². The summed E-state index contributed by atoms with van der Waals surface area (Å²) in [5.74, 6) is 1.53. The van der Waals surface area contributed by atoms with Crippen LogP contribution in [0.15, 0.2) is 24.3 Å². The molecule has 3 nitrogen and oxygen atoms in total. The van der Waals surface area contributed by atoms with Crippen molar-refractivity contribution < 1.29 is 15.3 Å². The summed E-state index contributed by atoms with van der Waals surface area (Å²) in [6, 6.07) is 8.07. The Morgan fingerprint density at radius 3 is 1.69 bits per heavy atom. The fourth-order valence-electron chi connectivity index (χ4n) is 5.94. The molecule has 0 spiro atoms. The lowest BCUT2D eigenvalue weighted by atomic mass is 9.80. The van der Waals surface area contributed by atoms with Gasteiger partial charge in [-0.1, -0.05) is 31.4 Å². The molecule has 1 aliphatic rings. The van der Waals surface area contributed by atoms with Gasteiger partial charge in [-0.3, -0.25) is 0 Å². The minimum Gasteiger partial charge on any atom is -0.508 e. The van der Waals surface area contributed by atoms with Crippen LogP contribution in [0.25, 0.3) is 0 Å². The zero-order chi connectivity index (χ0) is 25.4. The summed E-state index contributed by atoms with van der Waals surface area (Å²) in [5.41, 5.74) is 11.7. The van der Waals surface area contributed by atoms with Gasteiger partial charge in [-0.15, -0.1) is 0 Å². The Balaban J connectivity index is 1.86. The molecule has 0 saturated heterocycles. The molecule has 3 aromatic rings. The molecule has 1 saturated carbocycles. The second-order valence-electron chi connectivity index (χ2n) is 10.7. The Bertz CT molecular complexity index is 1260. The van der Waals surface area contributed by atoms with Gasteiger partial charge in [0.25, 0.3) is 0 Å². The van der Waals surface area contributed by atoms with Crippen molar-refractivity contribution in [3.8, 4) is 17.2 Å². The summed E-state index contributed by atoms with van der Waals surface area (Å²) in [6.45, 7) is 12.2. The monoisotopic (exact) mass is 472 g/mol. The number of hydrogen-bond donors (Lipinski definition) is 3. The number of benzene rings is 3. The molecule has 0 unspecified atom stereocenters.